The van der Waals surface area contributed by atoms with E-state index < -0.39 is 0 Å². The number of nitrogens with two attached hydrogens (primary N) is 1. The third kappa shape index (κ3) is 2.12. The Balaban J connectivity index is 3.07. The van der Waals surface area contributed by atoms with Gasteiger partial charge in [-0.05, 0) is 36.1 Å². The van der Waals surface area contributed by atoms with Crippen LogP contribution in [0.25, 0.3) is 0 Å². The summed E-state index contributed by atoms with van der Waals surface area (Å²) in [6, 6.07) is 5.70. The standard InChI is InChI=1S/C11H16N2O/c1-3-8-5-6-10(11(14)13-12)7-9(8)4-2/h5-7H,3-4,12H2,1-2H3,(H,13,14). The Labute approximate surface area is 84.3 Å². The van der Waals surface area contributed by atoms with E-state index in [2.05, 4.69) is 19.3 Å². The maximum Gasteiger partial charge on any atom is 0.265 e. The Bertz CT molecular complexity index is 334. The second kappa shape index (κ2) is 4.77. The lowest BCUT2D eigenvalue weighted by Crippen LogP contribution is -2.30. The lowest BCUT2D eigenvalue weighted by molar-refractivity contribution is 0.0953. The highest BCUT2D eigenvalue weighted by Crippen LogP contribution is 2.13. The first-order chi connectivity index (χ1) is 6.72. The van der Waals surface area contributed by atoms with Crippen LogP contribution in [-0.4, -0.2) is 5.91 Å². The molecule has 0 spiro atoms. The van der Waals surface area contributed by atoms with Crippen molar-refractivity contribution in [2.75, 3.05) is 0 Å². The average Bonchev–Trinajstić information content (AvgIpc) is 2.26. The van der Waals surface area contributed by atoms with Crippen molar-refractivity contribution in [2.24, 2.45) is 5.84 Å². The summed E-state index contributed by atoms with van der Waals surface area (Å²) < 4.78 is 0. The van der Waals surface area contributed by atoms with Crippen LogP contribution in [0.1, 0.15) is 35.3 Å². The van der Waals surface area contributed by atoms with Crippen molar-refractivity contribution in [3.8, 4) is 0 Å². The fourth-order valence-corrected chi connectivity index (χ4v) is 1.52. The minimum atomic E-state index is -0.234. The smallest absolute Gasteiger partial charge is 0.265 e. The summed E-state index contributed by atoms with van der Waals surface area (Å²) >= 11 is 0. The summed E-state index contributed by atoms with van der Waals surface area (Å²) in [5, 5.41) is 0. The molecule has 3 nitrogen and oxygen atoms in total. The number of hydrogen-bond donors (Lipinski definition) is 2. The lowest BCUT2D eigenvalue weighted by Gasteiger charge is -2.07. The maximum atomic E-state index is 11.2. The van der Waals surface area contributed by atoms with E-state index in [1.54, 1.807) is 6.07 Å². The van der Waals surface area contributed by atoms with Gasteiger partial charge in [0.1, 0.15) is 0 Å². The van der Waals surface area contributed by atoms with Gasteiger partial charge in [-0.1, -0.05) is 19.9 Å². The highest BCUT2D eigenvalue weighted by atomic mass is 16.2. The molecule has 1 aromatic carbocycles. The Hall–Kier alpha value is -1.35. The quantitative estimate of drug-likeness (QED) is 0.432. The molecule has 0 fully saturated rings. The molecule has 0 saturated heterocycles. The van der Waals surface area contributed by atoms with Crippen LogP contribution in [0.5, 0.6) is 0 Å². The topological polar surface area (TPSA) is 55.1 Å². The molecule has 0 unspecified atom stereocenters. The predicted octanol–water partition coefficient (Wildman–Crippen LogP) is 1.41. The number of amides is 1. The SMILES string of the molecule is CCc1ccc(C(=O)NN)cc1CC. The fourth-order valence-electron chi connectivity index (χ4n) is 1.52. The summed E-state index contributed by atoms with van der Waals surface area (Å²) in [4.78, 5) is 11.2. The van der Waals surface area contributed by atoms with Gasteiger partial charge in [-0.2, -0.15) is 0 Å². The van der Waals surface area contributed by atoms with Crippen molar-refractivity contribution in [3.63, 3.8) is 0 Å². The van der Waals surface area contributed by atoms with Gasteiger partial charge in [0, 0.05) is 5.56 Å². The van der Waals surface area contributed by atoms with Crippen LogP contribution < -0.4 is 11.3 Å². The van der Waals surface area contributed by atoms with Gasteiger partial charge in [-0.3, -0.25) is 10.2 Å². The minimum Gasteiger partial charge on any atom is -0.290 e. The van der Waals surface area contributed by atoms with E-state index >= 15 is 0 Å². The van der Waals surface area contributed by atoms with Gasteiger partial charge in [-0.25, -0.2) is 5.84 Å². The maximum absolute atomic E-state index is 11.2. The van der Waals surface area contributed by atoms with E-state index in [0.717, 1.165) is 12.8 Å². The van der Waals surface area contributed by atoms with Crippen molar-refractivity contribution in [2.45, 2.75) is 26.7 Å². The first-order valence-corrected chi connectivity index (χ1v) is 4.85. The van der Waals surface area contributed by atoms with E-state index in [-0.39, 0.29) is 5.91 Å². The molecule has 0 aromatic heterocycles. The number of carbonyl (C=O) groups excluding carboxylic acids is 1. The van der Waals surface area contributed by atoms with Crippen molar-refractivity contribution in [1.29, 1.82) is 0 Å². The molecule has 1 amide bonds. The number of hydrogen-bond acceptors (Lipinski definition) is 2. The van der Waals surface area contributed by atoms with E-state index in [0.29, 0.717) is 5.56 Å². The zero-order valence-electron chi connectivity index (χ0n) is 8.63. The zero-order chi connectivity index (χ0) is 10.6. The lowest BCUT2D eigenvalue weighted by atomic mass is 10.00. The molecule has 0 aliphatic heterocycles. The third-order valence-electron chi connectivity index (χ3n) is 2.36. The molecule has 0 heterocycles. The summed E-state index contributed by atoms with van der Waals surface area (Å²) in [7, 11) is 0. The van der Waals surface area contributed by atoms with Gasteiger partial charge in [-0.15, -0.1) is 0 Å². The Morgan fingerprint density at radius 2 is 1.93 bits per heavy atom. The number of nitrogens with one attached hydrogen (secondary N) is 1. The van der Waals surface area contributed by atoms with E-state index in [1.165, 1.54) is 11.1 Å². The van der Waals surface area contributed by atoms with Crippen LogP contribution in [0, 0.1) is 0 Å². The molecule has 0 aliphatic carbocycles. The van der Waals surface area contributed by atoms with Gasteiger partial charge in [0.05, 0.1) is 0 Å². The summed E-state index contributed by atoms with van der Waals surface area (Å²) in [6.07, 6.45) is 1.93. The van der Waals surface area contributed by atoms with Crippen LogP contribution in [0.15, 0.2) is 18.2 Å². The van der Waals surface area contributed by atoms with Crippen molar-refractivity contribution < 1.29 is 4.79 Å². The van der Waals surface area contributed by atoms with Gasteiger partial charge >= 0.3 is 0 Å². The number of aryl methyl sites for hydroxylation is 2. The molecule has 3 heteroatoms. The molecular weight excluding hydrogens is 176 g/mol. The van der Waals surface area contributed by atoms with Gasteiger partial charge in [0.2, 0.25) is 0 Å². The molecule has 0 radical (unpaired) electrons. The summed E-state index contributed by atoms with van der Waals surface area (Å²) in [5.41, 5.74) is 5.27. The number of carbonyl (C=O) groups is 1. The summed E-state index contributed by atoms with van der Waals surface area (Å²) in [6.45, 7) is 4.19. The van der Waals surface area contributed by atoms with Gasteiger partial charge < -0.3 is 0 Å². The number of hydrazine groups is 1. The van der Waals surface area contributed by atoms with E-state index in [9.17, 15) is 4.79 Å². The second-order valence-electron chi connectivity index (χ2n) is 3.16. The Morgan fingerprint density at radius 1 is 1.29 bits per heavy atom. The molecular formula is C11H16N2O. The molecule has 1 rings (SSSR count). The average molecular weight is 192 g/mol. The predicted molar refractivity (Wildman–Crippen MR) is 56.9 cm³/mol. The van der Waals surface area contributed by atoms with Gasteiger partial charge in [0.25, 0.3) is 5.91 Å². The second-order valence-corrected chi connectivity index (χ2v) is 3.16. The zero-order valence-corrected chi connectivity index (χ0v) is 8.63. The van der Waals surface area contributed by atoms with Gasteiger partial charge in [0.15, 0.2) is 0 Å². The first kappa shape index (κ1) is 10.7. The molecule has 0 saturated carbocycles. The van der Waals surface area contributed by atoms with Crippen LogP contribution >= 0.6 is 0 Å². The summed E-state index contributed by atoms with van der Waals surface area (Å²) in [5.74, 6) is 4.83. The van der Waals surface area contributed by atoms with Crippen molar-refractivity contribution in [1.82, 2.24) is 5.43 Å². The number of benzene rings is 1. The largest absolute Gasteiger partial charge is 0.290 e. The van der Waals surface area contributed by atoms with Crippen LogP contribution in [0.2, 0.25) is 0 Å². The Morgan fingerprint density at radius 3 is 2.43 bits per heavy atom. The first-order valence-electron chi connectivity index (χ1n) is 4.85. The highest BCUT2D eigenvalue weighted by Gasteiger charge is 2.06. The monoisotopic (exact) mass is 192 g/mol. The molecule has 0 aliphatic rings. The van der Waals surface area contributed by atoms with Crippen LogP contribution in [-0.2, 0) is 12.8 Å². The fraction of sp³-hybridized carbons (Fsp3) is 0.364. The molecule has 14 heavy (non-hydrogen) atoms. The molecule has 3 N–H and O–H groups in total. The molecule has 0 atom stereocenters. The van der Waals surface area contributed by atoms with E-state index in [1.807, 2.05) is 12.1 Å². The highest BCUT2D eigenvalue weighted by molar-refractivity contribution is 5.94. The third-order valence-corrected chi connectivity index (χ3v) is 2.36. The van der Waals surface area contributed by atoms with Crippen LogP contribution in [0.4, 0.5) is 0 Å². The van der Waals surface area contributed by atoms with Crippen molar-refractivity contribution >= 4 is 5.91 Å². The molecule has 1 aromatic rings. The Kier molecular flexibility index (Phi) is 3.65. The molecule has 0 bridgehead atoms. The number of nitrogen functional groups attached to an aromatic ring is 1. The van der Waals surface area contributed by atoms with Crippen LogP contribution in [0.3, 0.4) is 0 Å². The molecule has 76 valence electrons. The normalized spacial score (nSPS) is 9.93. The number of rotatable bonds is 3. The minimum absolute atomic E-state index is 0.234. The van der Waals surface area contributed by atoms with Crippen molar-refractivity contribution in [3.05, 3.63) is 34.9 Å². The van der Waals surface area contributed by atoms with E-state index in [4.69, 9.17) is 5.84 Å².